The molecule has 1 N–H and O–H groups in total. The van der Waals surface area contributed by atoms with E-state index in [1.165, 1.54) is 6.07 Å². The third kappa shape index (κ3) is 3.69. The Labute approximate surface area is 193 Å². The summed E-state index contributed by atoms with van der Waals surface area (Å²) in [5.74, 6) is -0.238. The highest BCUT2D eigenvalue weighted by Gasteiger charge is 2.42. The molecule has 0 saturated carbocycles. The molecule has 2 aliphatic heterocycles. The molecule has 1 aromatic carbocycles. The van der Waals surface area contributed by atoms with Crippen LogP contribution in [0.1, 0.15) is 47.6 Å². The number of pyridine rings is 1. The van der Waals surface area contributed by atoms with Crippen molar-refractivity contribution < 1.29 is 9.13 Å². The number of thiocarbonyl (C=S) groups is 1. The van der Waals surface area contributed by atoms with Crippen LogP contribution in [0.4, 0.5) is 4.39 Å². The summed E-state index contributed by atoms with van der Waals surface area (Å²) in [6.07, 6.45) is 4.08. The summed E-state index contributed by atoms with van der Waals surface area (Å²) in [6.45, 7) is 5.59. The topological polar surface area (TPSA) is 42.3 Å². The standard InChI is InChI=1S/C25H27FN4OS/c1-16-14-19(17(2)30(16)22-11-4-3-9-20(22)26)24-23(21-10-5-6-12-27-21)28-25(32)29(24)15-18-8-7-13-31-18/h3-6,9-12,14,18,23-24H,7-8,13,15H2,1-2H3,(H,28,32)/t18-,23-,24-/m0/s1. The van der Waals surface area contributed by atoms with E-state index in [-0.39, 0.29) is 24.0 Å². The van der Waals surface area contributed by atoms with Gasteiger partial charge in [0.25, 0.3) is 0 Å². The Hall–Kier alpha value is -2.77. The summed E-state index contributed by atoms with van der Waals surface area (Å²) in [7, 11) is 0. The number of halogens is 1. The van der Waals surface area contributed by atoms with E-state index in [4.69, 9.17) is 17.0 Å². The molecule has 2 aliphatic rings. The molecular weight excluding hydrogens is 423 g/mol. The summed E-state index contributed by atoms with van der Waals surface area (Å²) < 4.78 is 22.6. The predicted octanol–water partition coefficient (Wildman–Crippen LogP) is 4.78. The first-order valence-electron chi connectivity index (χ1n) is 11.1. The molecule has 2 fully saturated rings. The fourth-order valence-corrected chi connectivity index (χ4v) is 5.35. The summed E-state index contributed by atoms with van der Waals surface area (Å²) in [6, 6.07) is 14.8. The normalized spacial score (nSPS) is 23.0. The number of aryl methyl sites for hydroxylation is 1. The first-order chi connectivity index (χ1) is 15.5. The minimum absolute atomic E-state index is 0.0617. The van der Waals surface area contributed by atoms with Crippen LogP contribution in [0.25, 0.3) is 5.69 Å². The molecule has 0 aliphatic carbocycles. The van der Waals surface area contributed by atoms with Gasteiger partial charge in [-0.1, -0.05) is 18.2 Å². The van der Waals surface area contributed by atoms with E-state index in [0.29, 0.717) is 10.8 Å². The van der Waals surface area contributed by atoms with Gasteiger partial charge in [-0.15, -0.1) is 0 Å². The van der Waals surface area contributed by atoms with Crippen LogP contribution >= 0.6 is 12.2 Å². The molecule has 32 heavy (non-hydrogen) atoms. The van der Waals surface area contributed by atoms with Gasteiger partial charge in [-0.05, 0) is 74.8 Å². The molecule has 0 radical (unpaired) electrons. The van der Waals surface area contributed by atoms with Crippen molar-refractivity contribution in [3.05, 3.63) is 83.2 Å². The van der Waals surface area contributed by atoms with Gasteiger partial charge in [0.05, 0.1) is 29.6 Å². The summed E-state index contributed by atoms with van der Waals surface area (Å²) in [5.41, 5.74) is 4.60. The third-order valence-corrected chi connectivity index (χ3v) is 6.86. The Kier molecular flexibility index (Phi) is 5.69. The minimum atomic E-state index is -0.238. The molecule has 3 atom stereocenters. The number of benzene rings is 1. The van der Waals surface area contributed by atoms with Crippen LogP contribution in [0.15, 0.2) is 54.7 Å². The molecule has 0 unspecified atom stereocenters. The number of para-hydroxylation sites is 1. The molecule has 0 amide bonds. The van der Waals surface area contributed by atoms with Gasteiger partial charge in [-0.3, -0.25) is 4.98 Å². The van der Waals surface area contributed by atoms with Crippen molar-refractivity contribution in [3.8, 4) is 5.69 Å². The van der Waals surface area contributed by atoms with Crippen LogP contribution in [0.5, 0.6) is 0 Å². The first-order valence-corrected chi connectivity index (χ1v) is 11.5. The van der Waals surface area contributed by atoms with Crippen LogP contribution in [0.3, 0.4) is 0 Å². The second-order valence-electron chi connectivity index (χ2n) is 8.53. The van der Waals surface area contributed by atoms with Gasteiger partial charge in [0.2, 0.25) is 0 Å². The van der Waals surface area contributed by atoms with Crippen molar-refractivity contribution in [2.75, 3.05) is 13.2 Å². The lowest BCUT2D eigenvalue weighted by Gasteiger charge is -2.30. The smallest absolute Gasteiger partial charge is 0.170 e. The number of hydrogen-bond acceptors (Lipinski definition) is 3. The highest BCUT2D eigenvalue weighted by Crippen LogP contribution is 2.42. The number of nitrogens with zero attached hydrogens (tertiary/aromatic N) is 3. The third-order valence-electron chi connectivity index (χ3n) is 6.50. The summed E-state index contributed by atoms with van der Waals surface area (Å²) in [5, 5.41) is 4.21. The summed E-state index contributed by atoms with van der Waals surface area (Å²) in [4.78, 5) is 6.86. The van der Waals surface area contributed by atoms with Crippen molar-refractivity contribution in [2.24, 2.45) is 0 Å². The van der Waals surface area contributed by atoms with Gasteiger partial charge in [0, 0.05) is 30.7 Å². The molecule has 2 saturated heterocycles. The van der Waals surface area contributed by atoms with E-state index in [9.17, 15) is 4.39 Å². The largest absolute Gasteiger partial charge is 0.376 e. The number of nitrogens with one attached hydrogen (secondary N) is 1. The second-order valence-corrected chi connectivity index (χ2v) is 8.91. The molecule has 3 aromatic rings. The highest BCUT2D eigenvalue weighted by molar-refractivity contribution is 7.80. The Morgan fingerprint density at radius 1 is 1.19 bits per heavy atom. The number of hydrogen-bond donors (Lipinski definition) is 1. The molecule has 2 aromatic heterocycles. The Morgan fingerprint density at radius 2 is 2.00 bits per heavy atom. The van der Waals surface area contributed by atoms with Gasteiger partial charge in [-0.25, -0.2) is 4.39 Å². The van der Waals surface area contributed by atoms with Gasteiger partial charge >= 0.3 is 0 Å². The maximum Gasteiger partial charge on any atom is 0.170 e. The molecule has 4 heterocycles. The fourth-order valence-electron chi connectivity index (χ4n) is 5.04. The zero-order chi connectivity index (χ0) is 22.2. The second kappa shape index (κ2) is 8.64. The average Bonchev–Trinajstić information content (AvgIpc) is 3.49. The van der Waals surface area contributed by atoms with E-state index in [1.807, 2.05) is 48.0 Å². The van der Waals surface area contributed by atoms with E-state index >= 15 is 0 Å². The van der Waals surface area contributed by atoms with Crippen LogP contribution in [-0.2, 0) is 4.74 Å². The highest BCUT2D eigenvalue weighted by atomic mass is 32.1. The van der Waals surface area contributed by atoms with E-state index < -0.39 is 0 Å². The zero-order valence-corrected chi connectivity index (χ0v) is 19.1. The van der Waals surface area contributed by atoms with Gasteiger partial charge in [0.15, 0.2) is 5.11 Å². The number of aromatic nitrogens is 2. The maximum absolute atomic E-state index is 14.7. The van der Waals surface area contributed by atoms with Crippen LogP contribution < -0.4 is 5.32 Å². The van der Waals surface area contributed by atoms with Gasteiger partial charge < -0.3 is 19.5 Å². The quantitative estimate of drug-likeness (QED) is 0.567. The van der Waals surface area contributed by atoms with E-state index in [1.54, 1.807) is 6.07 Å². The van der Waals surface area contributed by atoms with Gasteiger partial charge in [-0.2, -0.15) is 0 Å². The molecule has 5 rings (SSSR count). The fraction of sp³-hybridized carbons (Fsp3) is 0.360. The number of ether oxygens (including phenoxy) is 1. The molecule has 0 bridgehead atoms. The van der Waals surface area contributed by atoms with Crippen molar-refractivity contribution >= 4 is 17.3 Å². The molecule has 7 heteroatoms. The lowest BCUT2D eigenvalue weighted by molar-refractivity contribution is 0.0842. The van der Waals surface area contributed by atoms with Crippen LogP contribution in [-0.4, -0.2) is 38.8 Å². The first kappa shape index (κ1) is 21.1. The van der Waals surface area contributed by atoms with E-state index in [0.717, 1.165) is 48.6 Å². The lowest BCUT2D eigenvalue weighted by Crippen LogP contribution is -2.36. The van der Waals surface area contributed by atoms with Crippen LogP contribution in [0, 0.1) is 19.7 Å². The van der Waals surface area contributed by atoms with Crippen molar-refractivity contribution in [3.63, 3.8) is 0 Å². The molecule has 5 nitrogen and oxygen atoms in total. The molecule has 0 spiro atoms. The van der Waals surface area contributed by atoms with Crippen molar-refractivity contribution in [1.82, 2.24) is 19.8 Å². The van der Waals surface area contributed by atoms with Gasteiger partial charge in [0.1, 0.15) is 5.82 Å². The maximum atomic E-state index is 14.7. The predicted molar refractivity (Wildman–Crippen MR) is 126 cm³/mol. The number of rotatable bonds is 5. The summed E-state index contributed by atoms with van der Waals surface area (Å²) >= 11 is 5.79. The monoisotopic (exact) mass is 450 g/mol. The molecular formula is C25H27FN4OS. The SMILES string of the molecule is Cc1cc([C@H]2[C@H](c3ccccn3)NC(=S)N2C[C@@H]2CCCO2)c(C)n1-c1ccccc1F. The lowest BCUT2D eigenvalue weighted by atomic mass is 9.96. The van der Waals surface area contributed by atoms with Crippen molar-refractivity contribution in [2.45, 2.75) is 44.9 Å². The Bertz CT molecular complexity index is 1130. The average molecular weight is 451 g/mol. The Morgan fingerprint density at radius 3 is 2.72 bits per heavy atom. The van der Waals surface area contributed by atoms with Crippen LogP contribution in [0.2, 0.25) is 0 Å². The van der Waals surface area contributed by atoms with E-state index in [2.05, 4.69) is 28.2 Å². The Balaban J connectivity index is 1.60. The minimum Gasteiger partial charge on any atom is -0.376 e. The molecule has 166 valence electrons. The zero-order valence-electron chi connectivity index (χ0n) is 18.3. The van der Waals surface area contributed by atoms with Crippen molar-refractivity contribution in [1.29, 1.82) is 0 Å².